The van der Waals surface area contributed by atoms with E-state index in [0.29, 0.717) is 24.5 Å². The fourth-order valence-electron chi connectivity index (χ4n) is 3.06. The summed E-state index contributed by atoms with van der Waals surface area (Å²) in [5.74, 6) is 0. The zero-order valence-electron chi connectivity index (χ0n) is 14.3. The van der Waals surface area contributed by atoms with Crippen LogP contribution >= 0.6 is 0 Å². The quantitative estimate of drug-likeness (QED) is 0.767. The van der Waals surface area contributed by atoms with Gasteiger partial charge in [0.15, 0.2) is 0 Å². The van der Waals surface area contributed by atoms with Crippen LogP contribution in [0.4, 0.5) is 0 Å². The number of hydrogen-bond acceptors (Lipinski definition) is 3. The molecule has 0 N–H and O–H groups in total. The number of hydrogen-bond donors (Lipinski definition) is 0. The Kier molecular flexibility index (Phi) is 5.37. The summed E-state index contributed by atoms with van der Waals surface area (Å²) in [6.45, 7) is 6.36. The van der Waals surface area contributed by atoms with Crippen LogP contribution in [0.3, 0.4) is 0 Å². The molecule has 2 aromatic rings. The zero-order valence-corrected chi connectivity index (χ0v) is 15.2. The zero-order chi connectivity index (χ0) is 17.9. The van der Waals surface area contributed by atoms with Gasteiger partial charge < -0.3 is 4.74 Å². The molecule has 5 heteroatoms. The van der Waals surface area contributed by atoms with E-state index in [1.54, 1.807) is 22.5 Å². The molecule has 0 amide bonds. The van der Waals surface area contributed by atoms with Crippen LogP contribution in [0.15, 0.2) is 72.1 Å². The second-order valence-corrected chi connectivity index (χ2v) is 8.19. The van der Waals surface area contributed by atoms with Crippen LogP contribution < -0.4 is 0 Å². The summed E-state index contributed by atoms with van der Waals surface area (Å²) in [5, 5.41) is 0. The Labute approximate surface area is 149 Å². The maximum Gasteiger partial charge on any atom is 0.243 e. The van der Waals surface area contributed by atoms with Crippen molar-refractivity contribution in [2.75, 3.05) is 13.2 Å². The molecule has 0 saturated carbocycles. The van der Waals surface area contributed by atoms with Gasteiger partial charge in [-0.2, -0.15) is 4.31 Å². The molecule has 4 nitrogen and oxygen atoms in total. The average molecular weight is 357 g/mol. The highest BCUT2D eigenvalue weighted by molar-refractivity contribution is 7.89. The van der Waals surface area contributed by atoms with Crippen LogP contribution in [0, 0.1) is 6.92 Å². The highest BCUT2D eigenvalue weighted by Crippen LogP contribution is 2.30. The van der Waals surface area contributed by atoms with E-state index in [-0.39, 0.29) is 12.1 Å². The predicted octanol–water partition coefficient (Wildman–Crippen LogP) is 3.70. The molecule has 0 aromatic heterocycles. The molecule has 2 atom stereocenters. The Hall–Kier alpha value is -1.95. The minimum absolute atomic E-state index is 0.233. The van der Waals surface area contributed by atoms with Gasteiger partial charge in [0.05, 0.1) is 23.6 Å². The van der Waals surface area contributed by atoms with Crippen LogP contribution in [-0.4, -0.2) is 31.9 Å². The standard InChI is InChI=1S/C20H23NO3S/c1-3-7-18-15-24-20(17-8-5-4-6-9-17)14-21(18)25(22,23)19-12-10-16(2)11-13-19/h3-6,8-13,18,20H,1,7,14-15H2,2H3/t18-,20-/m0/s1. The Bertz CT molecular complexity index is 816. The summed E-state index contributed by atoms with van der Waals surface area (Å²) < 4.78 is 33.9. The summed E-state index contributed by atoms with van der Waals surface area (Å²) in [6, 6.07) is 16.5. The Morgan fingerprint density at radius 1 is 1.16 bits per heavy atom. The number of benzene rings is 2. The molecule has 1 aliphatic rings. The van der Waals surface area contributed by atoms with Gasteiger partial charge in [-0.3, -0.25) is 0 Å². The van der Waals surface area contributed by atoms with E-state index in [4.69, 9.17) is 4.74 Å². The molecule has 1 saturated heterocycles. The van der Waals surface area contributed by atoms with Crippen LogP contribution in [0.2, 0.25) is 0 Å². The fraction of sp³-hybridized carbons (Fsp3) is 0.300. The third-order valence-corrected chi connectivity index (χ3v) is 6.41. The normalized spacial score (nSPS) is 21.8. The highest BCUT2D eigenvalue weighted by Gasteiger charge is 2.37. The molecule has 0 aliphatic carbocycles. The van der Waals surface area contributed by atoms with E-state index >= 15 is 0 Å². The lowest BCUT2D eigenvalue weighted by molar-refractivity contribution is -0.0328. The Balaban J connectivity index is 1.93. The topological polar surface area (TPSA) is 46.6 Å². The van der Waals surface area contributed by atoms with E-state index < -0.39 is 10.0 Å². The number of sulfonamides is 1. The van der Waals surface area contributed by atoms with Gasteiger partial charge in [0.2, 0.25) is 10.0 Å². The molecule has 1 fully saturated rings. The molecule has 132 valence electrons. The first-order valence-corrected chi connectivity index (χ1v) is 9.82. The van der Waals surface area contributed by atoms with Crippen molar-refractivity contribution in [1.82, 2.24) is 4.31 Å². The maximum atomic E-state index is 13.2. The summed E-state index contributed by atoms with van der Waals surface area (Å²) in [4.78, 5) is 0.320. The minimum atomic E-state index is -3.59. The molecule has 0 bridgehead atoms. The summed E-state index contributed by atoms with van der Waals surface area (Å²) in [5.41, 5.74) is 2.02. The lowest BCUT2D eigenvalue weighted by Crippen LogP contribution is -2.49. The van der Waals surface area contributed by atoms with Crippen molar-refractivity contribution in [3.63, 3.8) is 0 Å². The van der Waals surface area contributed by atoms with E-state index in [9.17, 15) is 8.42 Å². The molecule has 25 heavy (non-hydrogen) atoms. The molecular formula is C20H23NO3S. The van der Waals surface area contributed by atoms with Crippen molar-refractivity contribution in [1.29, 1.82) is 0 Å². The van der Waals surface area contributed by atoms with E-state index in [1.807, 2.05) is 49.4 Å². The molecule has 0 radical (unpaired) electrons. The summed E-state index contributed by atoms with van der Waals surface area (Å²) in [6.07, 6.45) is 2.05. The third kappa shape index (κ3) is 3.84. The van der Waals surface area contributed by atoms with Crippen molar-refractivity contribution in [2.45, 2.75) is 30.4 Å². The molecular weight excluding hydrogens is 334 g/mol. The Morgan fingerprint density at radius 3 is 2.48 bits per heavy atom. The van der Waals surface area contributed by atoms with Crippen LogP contribution in [0.1, 0.15) is 23.7 Å². The monoisotopic (exact) mass is 357 g/mol. The summed E-state index contributed by atoms with van der Waals surface area (Å²) in [7, 11) is -3.59. The molecule has 0 unspecified atom stereocenters. The molecule has 2 aromatic carbocycles. The molecule has 1 aliphatic heterocycles. The number of nitrogens with zero attached hydrogens (tertiary/aromatic N) is 1. The number of morpholine rings is 1. The molecule has 3 rings (SSSR count). The maximum absolute atomic E-state index is 13.2. The van der Waals surface area contributed by atoms with Gasteiger partial charge in [-0.05, 0) is 31.0 Å². The van der Waals surface area contributed by atoms with Gasteiger partial charge >= 0.3 is 0 Å². The van der Waals surface area contributed by atoms with Crippen molar-refractivity contribution in [2.24, 2.45) is 0 Å². The van der Waals surface area contributed by atoms with Crippen LogP contribution in [-0.2, 0) is 14.8 Å². The van der Waals surface area contributed by atoms with Crippen molar-refractivity contribution in [3.8, 4) is 0 Å². The van der Waals surface area contributed by atoms with Crippen molar-refractivity contribution >= 4 is 10.0 Å². The van der Waals surface area contributed by atoms with Crippen molar-refractivity contribution in [3.05, 3.63) is 78.4 Å². The van der Waals surface area contributed by atoms with Gasteiger partial charge in [-0.15, -0.1) is 6.58 Å². The van der Waals surface area contributed by atoms with Gasteiger partial charge in [-0.25, -0.2) is 8.42 Å². The van der Waals surface area contributed by atoms with Gasteiger partial charge in [0.1, 0.15) is 0 Å². The van der Waals surface area contributed by atoms with E-state index in [0.717, 1.165) is 11.1 Å². The number of ether oxygens (including phenoxy) is 1. The number of aryl methyl sites for hydroxylation is 1. The molecule has 1 heterocycles. The van der Waals surface area contributed by atoms with E-state index in [1.165, 1.54) is 0 Å². The SMILES string of the molecule is C=CC[C@H]1CO[C@H](c2ccccc2)CN1S(=O)(=O)c1ccc(C)cc1. The first-order valence-electron chi connectivity index (χ1n) is 8.38. The summed E-state index contributed by atoms with van der Waals surface area (Å²) >= 11 is 0. The second-order valence-electron chi connectivity index (χ2n) is 6.30. The third-order valence-electron chi connectivity index (χ3n) is 4.48. The number of rotatable bonds is 5. The van der Waals surface area contributed by atoms with Crippen LogP contribution in [0.25, 0.3) is 0 Å². The van der Waals surface area contributed by atoms with Crippen LogP contribution in [0.5, 0.6) is 0 Å². The molecule has 0 spiro atoms. The second kappa shape index (κ2) is 7.52. The highest BCUT2D eigenvalue weighted by atomic mass is 32.2. The Morgan fingerprint density at radius 2 is 1.84 bits per heavy atom. The van der Waals surface area contributed by atoms with E-state index in [2.05, 4.69) is 6.58 Å². The predicted molar refractivity (Wildman–Crippen MR) is 98.8 cm³/mol. The first-order chi connectivity index (χ1) is 12.0. The smallest absolute Gasteiger partial charge is 0.243 e. The average Bonchev–Trinajstić information content (AvgIpc) is 2.63. The lowest BCUT2D eigenvalue weighted by Gasteiger charge is -2.38. The van der Waals surface area contributed by atoms with Crippen molar-refractivity contribution < 1.29 is 13.2 Å². The lowest BCUT2D eigenvalue weighted by atomic mass is 10.1. The first kappa shape index (κ1) is 17.9. The fourth-order valence-corrected chi connectivity index (χ4v) is 4.68. The van der Waals surface area contributed by atoms with Gasteiger partial charge in [0, 0.05) is 6.54 Å². The van der Waals surface area contributed by atoms with Gasteiger partial charge in [-0.1, -0.05) is 54.1 Å². The largest absolute Gasteiger partial charge is 0.370 e. The minimum Gasteiger partial charge on any atom is -0.370 e. The van der Waals surface area contributed by atoms with Gasteiger partial charge in [0.25, 0.3) is 0 Å².